The van der Waals surface area contributed by atoms with Crippen molar-refractivity contribution < 1.29 is 9.13 Å². The zero-order chi connectivity index (χ0) is 21.5. The Kier molecular flexibility index (Phi) is 7.42. The van der Waals surface area contributed by atoms with Gasteiger partial charge in [0.15, 0.2) is 11.6 Å². The van der Waals surface area contributed by atoms with E-state index in [4.69, 9.17) is 4.74 Å². The van der Waals surface area contributed by atoms with Gasteiger partial charge in [-0.15, -0.1) is 0 Å². The monoisotopic (exact) mass is 430 g/mol. The smallest absolute Gasteiger partial charge is 0.227 e. The topological polar surface area (TPSA) is 91.3 Å². The van der Waals surface area contributed by atoms with Crippen LogP contribution in [-0.4, -0.2) is 84.4 Å². The lowest BCUT2D eigenvalue weighted by Crippen LogP contribution is -2.39. The molecule has 0 aliphatic carbocycles. The van der Waals surface area contributed by atoms with E-state index in [0.717, 1.165) is 57.1 Å². The zero-order valence-corrected chi connectivity index (χ0v) is 18.1. The number of piperidine rings is 1. The van der Waals surface area contributed by atoms with Crippen LogP contribution < -0.4 is 15.5 Å². The largest absolute Gasteiger partial charge is 0.378 e. The van der Waals surface area contributed by atoms with Gasteiger partial charge in [0.05, 0.1) is 19.4 Å². The number of aromatic nitrogens is 4. The second kappa shape index (κ2) is 10.6. The fourth-order valence-corrected chi connectivity index (χ4v) is 4.19. The van der Waals surface area contributed by atoms with Gasteiger partial charge in [-0.3, -0.25) is 0 Å². The first-order chi connectivity index (χ1) is 15.2. The SMILES string of the molecule is CNc1cc(CC2CCCN(CCNc3nc(N4CCOCC4)ncc3F)C2)ncn1. The number of hydrogen-bond donors (Lipinski definition) is 2. The van der Waals surface area contributed by atoms with E-state index in [9.17, 15) is 4.39 Å². The van der Waals surface area contributed by atoms with E-state index in [-0.39, 0.29) is 5.82 Å². The highest BCUT2D eigenvalue weighted by Crippen LogP contribution is 2.21. The van der Waals surface area contributed by atoms with Gasteiger partial charge in [0.1, 0.15) is 12.1 Å². The molecule has 0 bridgehead atoms. The molecule has 2 aromatic rings. The Morgan fingerprint density at radius 1 is 1.19 bits per heavy atom. The van der Waals surface area contributed by atoms with E-state index in [0.29, 0.717) is 31.6 Å². The summed E-state index contributed by atoms with van der Waals surface area (Å²) in [6, 6.07) is 2.02. The van der Waals surface area contributed by atoms with Gasteiger partial charge in [-0.05, 0) is 31.7 Å². The summed E-state index contributed by atoms with van der Waals surface area (Å²) in [5.74, 6) is 1.82. The summed E-state index contributed by atoms with van der Waals surface area (Å²) in [6.07, 6.45) is 6.18. The molecule has 2 aliphatic rings. The molecule has 9 nitrogen and oxygen atoms in total. The van der Waals surface area contributed by atoms with Crippen LogP contribution in [0.2, 0.25) is 0 Å². The number of anilines is 3. The molecule has 1 atom stereocenters. The minimum atomic E-state index is -0.419. The molecule has 0 aromatic carbocycles. The predicted octanol–water partition coefficient (Wildman–Crippen LogP) is 1.65. The molecule has 2 fully saturated rings. The number of hydrogen-bond acceptors (Lipinski definition) is 9. The first kappa shape index (κ1) is 21.6. The fourth-order valence-electron chi connectivity index (χ4n) is 4.19. The molecular formula is C21H31FN8O. The number of rotatable bonds is 8. The summed E-state index contributed by atoms with van der Waals surface area (Å²) in [6.45, 7) is 6.31. The van der Waals surface area contributed by atoms with Crippen molar-refractivity contribution >= 4 is 17.6 Å². The molecule has 4 heterocycles. The maximum Gasteiger partial charge on any atom is 0.227 e. The number of nitrogens with zero attached hydrogens (tertiary/aromatic N) is 6. The quantitative estimate of drug-likeness (QED) is 0.649. The molecule has 168 valence electrons. The second-order valence-electron chi connectivity index (χ2n) is 8.05. The third-order valence-electron chi connectivity index (χ3n) is 5.83. The van der Waals surface area contributed by atoms with Crippen molar-refractivity contribution in [1.82, 2.24) is 24.8 Å². The maximum atomic E-state index is 14.2. The van der Waals surface area contributed by atoms with Crippen molar-refractivity contribution in [2.45, 2.75) is 19.3 Å². The van der Waals surface area contributed by atoms with Crippen LogP contribution in [0.1, 0.15) is 18.5 Å². The molecule has 2 aromatic heterocycles. The Balaban J connectivity index is 1.27. The van der Waals surface area contributed by atoms with E-state index in [1.165, 1.54) is 12.6 Å². The molecule has 2 saturated heterocycles. The van der Waals surface area contributed by atoms with E-state index < -0.39 is 5.82 Å². The minimum Gasteiger partial charge on any atom is -0.378 e. The zero-order valence-electron chi connectivity index (χ0n) is 18.1. The molecule has 2 aliphatic heterocycles. The normalized spacial score (nSPS) is 19.9. The summed E-state index contributed by atoms with van der Waals surface area (Å²) in [7, 11) is 1.87. The van der Waals surface area contributed by atoms with Crippen molar-refractivity contribution in [3.63, 3.8) is 0 Å². The number of halogens is 1. The molecule has 0 saturated carbocycles. The predicted molar refractivity (Wildman–Crippen MR) is 118 cm³/mol. The van der Waals surface area contributed by atoms with Crippen molar-refractivity contribution in [2.75, 3.05) is 75.1 Å². The molecular weight excluding hydrogens is 399 g/mol. The average molecular weight is 431 g/mol. The summed E-state index contributed by atoms with van der Waals surface area (Å²) in [5, 5.41) is 6.23. The van der Waals surface area contributed by atoms with Crippen LogP contribution in [0.3, 0.4) is 0 Å². The molecule has 0 spiro atoms. The second-order valence-corrected chi connectivity index (χ2v) is 8.05. The lowest BCUT2D eigenvalue weighted by Gasteiger charge is -2.32. The van der Waals surface area contributed by atoms with Crippen LogP contribution in [0.5, 0.6) is 0 Å². The van der Waals surface area contributed by atoms with Gasteiger partial charge in [-0.25, -0.2) is 19.3 Å². The van der Waals surface area contributed by atoms with Crippen molar-refractivity contribution in [3.05, 3.63) is 30.1 Å². The van der Waals surface area contributed by atoms with E-state index in [2.05, 4.69) is 35.5 Å². The van der Waals surface area contributed by atoms with Gasteiger partial charge in [-0.1, -0.05) is 0 Å². The minimum absolute atomic E-state index is 0.269. The van der Waals surface area contributed by atoms with E-state index in [1.54, 1.807) is 6.33 Å². The van der Waals surface area contributed by atoms with Crippen LogP contribution in [0, 0.1) is 11.7 Å². The first-order valence-corrected chi connectivity index (χ1v) is 11.0. The molecule has 4 rings (SSSR count). The molecule has 0 amide bonds. The van der Waals surface area contributed by atoms with Gasteiger partial charge in [0.25, 0.3) is 0 Å². The van der Waals surface area contributed by atoms with Crippen LogP contribution in [0.15, 0.2) is 18.6 Å². The average Bonchev–Trinajstić information content (AvgIpc) is 2.81. The Hall–Kier alpha value is -2.59. The maximum absolute atomic E-state index is 14.2. The van der Waals surface area contributed by atoms with Gasteiger partial charge in [0, 0.05) is 51.5 Å². The lowest BCUT2D eigenvalue weighted by molar-refractivity contribution is 0.122. The number of likely N-dealkylation sites (tertiary alicyclic amines) is 1. The molecule has 2 N–H and O–H groups in total. The number of nitrogens with one attached hydrogen (secondary N) is 2. The summed E-state index contributed by atoms with van der Waals surface area (Å²) >= 11 is 0. The summed E-state index contributed by atoms with van der Waals surface area (Å²) in [4.78, 5) is 21.6. The fraction of sp³-hybridized carbons (Fsp3) is 0.619. The third-order valence-corrected chi connectivity index (χ3v) is 5.83. The van der Waals surface area contributed by atoms with Crippen LogP contribution in [-0.2, 0) is 11.2 Å². The van der Waals surface area contributed by atoms with Crippen molar-refractivity contribution in [3.8, 4) is 0 Å². The molecule has 1 unspecified atom stereocenters. The first-order valence-electron chi connectivity index (χ1n) is 11.0. The molecule has 31 heavy (non-hydrogen) atoms. The van der Waals surface area contributed by atoms with Gasteiger partial charge in [-0.2, -0.15) is 4.98 Å². The Bertz CT molecular complexity index is 848. The number of morpholine rings is 1. The summed E-state index contributed by atoms with van der Waals surface area (Å²) in [5.41, 5.74) is 1.07. The highest BCUT2D eigenvalue weighted by molar-refractivity contribution is 5.42. The van der Waals surface area contributed by atoms with Crippen molar-refractivity contribution in [1.29, 1.82) is 0 Å². The highest BCUT2D eigenvalue weighted by Gasteiger charge is 2.21. The number of ether oxygens (including phenoxy) is 1. The summed E-state index contributed by atoms with van der Waals surface area (Å²) < 4.78 is 19.6. The standard InChI is InChI=1S/C21H31FN8O/c1-23-19-12-17(26-15-27-19)11-16-3-2-5-29(14-16)6-4-24-20-18(22)13-25-21(28-20)30-7-9-31-10-8-30/h12-13,15-16H,2-11,14H2,1H3,(H,23,26,27)(H,24,25,28). The Morgan fingerprint density at radius 3 is 2.90 bits per heavy atom. The van der Waals surface area contributed by atoms with Crippen LogP contribution in [0.25, 0.3) is 0 Å². The van der Waals surface area contributed by atoms with Gasteiger partial charge >= 0.3 is 0 Å². The van der Waals surface area contributed by atoms with Crippen LogP contribution >= 0.6 is 0 Å². The van der Waals surface area contributed by atoms with Gasteiger partial charge in [0.2, 0.25) is 5.95 Å². The Morgan fingerprint density at radius 2 is 2.06 bits per heavy atom. The lowest BCUT2D eigenvalue weighted by atomic mass is 9.93. The molecule has 0 radical (unpaired) electrons. The van der Waals surface area contributed by atoms with Crippen molar-refractivity contribution in [2.24, 2.45) is 5.92 Å². The van der Waals surface area contributed by atoms with Crippen LogP contribution in [0.4, 0.5) is 22.0 Å². The molecule has 10 heteroatoms. The van der Waals surface area contributed by atoms with E-state index in [1.807, 2.05) is 18.0 Å². The van der Waals surface area contributed by atoms with E-state index >= 15 is 0 Å². The van der Waals surface area contributed by atoms with Gasteiger partial charge < -0.3 is 25.2 Å². The Labute approximate surface area is 182 Å². The third kappa shape index (κ3) is 5.98. The highest BCUT2D eigenvalue weighted by atomic mass is 19.1.